The molecule has 150 valence electrons. The van der Waals surface area contributed by atoms with Crippen LogP contribution in [0.15, 0.2) is 67.0 Å². The molecule has 8 nitrogen and oxygen atoms in total. The molecule has 1 heterocycles. The van der Waals surface area contributed by atoms with E-state index in [-0.39, 0.29) is 29.4 Å². The van der Waals surface area contributed by atoms with E-state index >= 15 is 0 Å². The predicted molar refractivity (Wildman–Crippen MR) is 112 cm³/mol. The number of nitrogens with one attached hydrogen (secondary N) is 2. The molecule has 0 aliphatic rings. The number of hydrogen-bond donors (Lipinski definition) is 2. The average molecular weight is 393 g/mol. The van der Waals surface area contributed by atoms with Gasteiger partial charge in [0.25, 0.3) is 0 Å². The van der Waals surface area contributed by atoms with E-state index in [0.29, 0.717) is 6.61 Å². The average Bonchev–Trinajstić information content (AvgIpc) is 2.73. The molecule has 1 unspecified atom stereocenters. The highest BCUT2D eigenvalue weighted by Crippen LogP contribution is 2.34. The van der Waals surface area contributed by atoms with Gasteiger partial charge in [0.2, 0.25) is 11.6 Å². The molecule has 0 fully saturated rings. The van der Waals surface area contributed by atoms with Crippen LogP contribution in [0.5, 0.6) is 0 Å². The van der Waals surface area contributed by atoms with Crippen LogP contribution in [0.2, 0.25) is 0 Å². The smallest absolute Gasteiger partial charge is 0.353 e. The van der Waals surface area contributed by atoms with Crippen molar-refractivity contribution in [1.29, 1.82) is 0 Å². The standard InChI is InChI=1S/C21H23N5O3/c1-15(13-29-2)24-20-19(26(27)28)21(23-14-22-20)25-18(16-9-5-3-6-10-16)17-11-7-4-8-12-17/h3-12,14-15,18H,13H2,1-2H3,(H2,22,23,24,25). The van der Waals surface area contributed by atoms with Crippen molar-refractivity contribution in [1.82, 2.24) is 9.97 Å². The van der Waals surface area contributed by atoms with E-state index in [1.54, 1.807) is 7.11 Å². The van der Waals surface area contributed by atoms with Crippen molar-refractivity contribution in [3.05, 3.63) is 88.2 Å². The maximum absolute atomic E-state index is 11.9. The minimum absolute atomic E-state index is 0.148. The van der Waals surface area contributed by atoms with E-state index in [1.807, 2.05) is 67.6 Å². The van der Waals surface area contributed by atoms with Gasteiger partial charge in [0.1, 0.15) is 6.33 Å². The highest BCUT2D eigenvalue weighted by atomic mass is 16.6. The maximum Gasteiger partial charge on any atom is 0.353 e. The first-order valence-electron chi connectivity index (χ1n) is 9.21. The van der Waals surface area contributed by atoms with Gasteiger partial charge in [-0.2, -0.15) is 0 Å². The molecule has 1 aromatic heterocycles. The summed E-state index contributed by atoms with van der Waals surface area (Å²) in [5, 5.41) is 18.1. The Balaban J connectivity index is 2.00. The summed E-state index contributed by atoms with van der Waals surface area (Å²) < 4.78 is 5.10. The third-order valence-electron chi connectivity index (χ3n) is 4.35. The summed E-state index contributed by atoms with van der Waals surface area (Å²) in [6.45, 7) is 2.25. The fourth-order valence-corrected chi connectivity index (χ4v) is 3.07. The van der Waals surface area contributed by atoms with Crippen molar-refractivity contribution in [2.45, 2.75) is 19.0 Å². The van der Waals surface area contributed by atoms with Gasteiger partial charge in [-0.05, 0) is 18.1 Å². The molecule has 0 bridgehead atoms. The van der Waals surface area contributed by atoms with Crippen LogP contribution in [0.4, 0.5) is 17.3 Å². The molecule has 0 aliphatic carbocycles. The number of benzene rings is 2. The first-order valence-corrected chi connectivity index (χ1v) is 9.21. The van der Waals surface area contributed by atoms with Gasteiger partial charge >= 0.3 is 5.69 Å². The van der Waals surface area contributed by atoms with Gasteiger partial charge < -0.3 is 15.4 Å². The number of methoxy groups -OCH3 is 1. The van der Waals surface area contributed by atoms with E-state index < -0.39 is 4.92 Å². The molecule has 0 saturated heterocycles. The van der Waals surface area contributed by atoms with Crippen LogP contribution >= 0.6 is 0 Å². The fourth-order valence-electron chi connectivity index (χ4n) is 3.07. The number of rotatable bonds is 9. The maximum atomic E-state index is 11.9. The molecule has 3 aromatic rings. The second-order valence-electron chi connectivity index (χ2n) is 6.58. The number of anilines is 2. The normalized spacial score (nSPS) is 11.8. The monoisotopic (exact) mass is 393 g/mol. The third-order valence-corrected chi connectivity index (χ3v) is 4.35. The summed E-state index contributed by atoms with van der Waals surface area (Å²) >= 11 is 0. The number of hydrogen-bond acceptors (Lipinski definition) is 7. The third kappa shape index (κ3) is 5.05. The molecule has 0 spiro atoms. The molecular formula is C21H23N5O3. The van der Waals surface area contributed by atoms with Crippen molar-refractivity contribution in [3.63, 3.8) is 0 Å². The molecule has 29 heavy (non-hydrogen) atoms. The van der Waals surface area contributed by atoms with E-state index in [2.05, 4.69) is 20.6 Å². The minimum atomic E-state index is -0.475. The Hall–Kier alpha value is -3.52. The largest absolute Gasteiger partial charge is 0.383 e. The Kier molecular flexibility index (Phi) is 6.70. The van der Waals surface area contributed by atoms with Crippen molar-refractivity contribution < 1.29 is 9.66 Å². The van der Waals surface area contributed by atoms with E-state index in [9.17, 15) is 10.1 Å². The quantitative estimate of drug-likeness (QED) is 0.418. The van der Waals surface area contributed by atoms with E-state index in [1.165, 1.54) is 6.33 Å². The van der Waals surface area contributed by atoms with Crippen molar-refractivity contribution in [2.24, 2.45) is 0 Å². The first-order chi connectivity index (χ1) is 14.1. The van der Waals surface area contributed by atoms with Gasteiger partial charge in [-0.3, -0.25) is 10.1 Å². The molecular weight excluding hydrogens is 370 g/mol. The van der Waals surface area contributed by atoms with E-state index in [4.69, 9.17) is 4.74 Å². The highest BCUT2D eigenvalue weighted by molar-refractivity contribution is 5.70. The number of nitro groups is 1. The van der Waals surface area contributed by atoms with Gasteiger partial charge in [-0.1, -0.05) is 60.7 Å². The van der Waals surface area contributed by atoms with Crippen LogP contribution in [0, 0.1) is 10.1 Å². The number of aromatic nitrogens is 2. The number of ether oxygens (including phenoxy) is 1. The summed E-state index contributed by atoms with van der Waals surface area (Å²) in [6, 6.07) is 19.0. The van der Waals surface area contributed by atoms with E-state index in [0.717, 1.165) is 11.1 Å². The lowest BCUT2D eigenvalue weighted by Gasteiger charge is -2.21. The molecule has 1 atom stereocenters. The molecule has 3 rings (SSSR count). The van der Waals surface area contributed by atoms with Gasteiger partial charge in [-0.25, -0.2) is 9.97 Å². The van der Waals surface area contributed by atoms with Crippen LogP contribution < -0.4 is 10.6 Å². The van der Waals surface area contributed by atoms with Gasteiger partial charge in [-0.15, -0.1) is 0 Å². The van der Waals surface area contributed by atoms with Gasteiger partial charge in [0, 0.05) is 13.2 Å². The SMILES string of the molecule is COCC(C)Nc1ncnc(NC(c2ccccc2)c2ccccc2)c1[N+](=O)[O-]. The minimum Gasteiger partial charge on any atom is -0.383 e. The zero-order valence-electron chi connectivity index (χ0n) is 16.3. The predicted octanol–water partition coefficient (Wildman–Crippen LogP) is 4.03. The lowest BCUT2D eigenvalue weighted by Crippen LogP contribution is -2.23. The Morgan fingerprint density at radius 3 is 1.97 bits per heavy atom. The summed E-state index contributed by atoms with van der Waals surface area (Å²) in [6.07, 6.45) is 1.31. The molecule has 0 saturated carbocycles. The first kappa shape index (κ1) is 20.2. The van der Waals surface area contributed by atoms with Gasteiger partial charge in [0.05, 0.1) is 17.6 Å². The second-order valence-corrected chi connectivity index (χ2v) is 6.58. The van der Waals surface area contributed by atoms with Gasteiger partial charge in [0.15, 0.2) is 0 Å². The van der Waals surface area contributed by atoms with Crippen LogP contribution in [0.25, 0.3) is 0 Å². The van der Waals surface area contributed by atoms with Crippen LogP contribution in [-0.2, 0) is 4.74 Å². The Morgan fingerprint density at radius 1 is 0.966 bits per heavy atom. The lowest BCUT2D eigenvalue weighted by atomic mass is 9.99. The molecule has 0 amide bonds. The van der Waals surface area contributed by atoms with Crippen molar-refractivity contribution in [3.8, 4) is 0 Å². The Labute approximate surface area is 169 Å². The van der Waals surface area contributed by atoms with Crippen molar-refractivity contribution >= 4 is 17.3 Å². The number of nitrogens with zero attached hydrogens (tertiary/aromatic N) is 3. The van der Waals surface area contributed by atoms with Crippen LogP contribution in [0.3, 0.4) is 0 Å². The molecule has 2 N–H and O–H groups in total. The molecule has 0 aliphatic heterocycles. The van der Waals surface area contributed by atoms with Crippen LogP contribution in [-0.4, -0.2) is 34.6 Å². The molecule has 0 radical (unpaired) electrons. The summed E-state index contributed by atoms with van der Waals surface area (Å²) in [7, 11) is 1.57. The topological polar surface area (TPSA) is 102 Å². The highest BCUT2D eigenvalue weighted by Gasteiger charge is 2.26. The zero-order chi connectivity index (χ0) is 20.6. The fraction of sp³-hybridized carbons (Fsp3) is 0.238. The summed E-state index contributed by atoms with van der Waals surface area (Å²) in [4.78, 5) is 19.6. The Bertz CT molecular complexity index is 898. The Morgan fingerprint density at radius 2 is 1.48 bits per heavy atom. The summed E-state index contributed by atoms with van der Waals surface area (Å²) in [5.41, 5.74) is 1.73. The zero-order valence-corrected chi connectivity index (χ0v) is 16.3. The summed E-state index contributed by atoms with van der Waals surface area (Å²) in [5.74, 6) is 0.298. The lowest BCUT2D eigenvalue weighted by molar-refractivity contribution is -0.383. The van der Waals surface area contributed by atoms with Crippen LogP contribution in [0.1, 0.15) is 24.1 Å². The molecule has 8 heteroatoms. The molecule has 2 aromatic carbocycles. The van der Waals surface area contributed by atoms with Crippen molar-refractivity contribution in [2.75, 3.05) is 24.4 Å². The second kappa shape index (κ2) is 9.61.